The molecule has 0 aromatic heterocycles. The van der Waals surface area contributed by atoms with Crippen molar-refractivity contribution >= 4 is 29.3 Å². The van der Waals surface area contributed by atoms with Crippen LogP contribution >= 0.6 is 11.8 Å². The number of phenolic OH excluding ortho intramolecular Hbond substituents is 1. The quantitative estimate of drug-likeness (QED) is 0.426. The van der Waals surface area contributed by atoms with E-state index in [4.69, 9.17) is 0 Å². The van der Waals surface area contributed by atoms with Crippen LogP contribution in [-0.2, 0) is 4.79 Å². The van der Waals surface area contributed by atoms with E-state index in [0.717, 1.165) is 0 Å². The Morgan fingerprint density at radius 2 is 1.84 bits per heavy atom. The van der Waals surface area contributed by atoms with E-state index in [0.29, 0.717) is 4.90 Å². The molecule has 2 aromatic rings. The maximum absolute atomic E-state index is 12.0. The number of hydrogen-bond acceptors (Lipinski definition) is 6. The van der Waals surface area contributed by atoms with E-state index in [-0.39, 0.29) is 17.0 Å². The van der Waals surface area contributed by atoms with Crippen LogP contribution in [0.1, 0.15) is 17.3 Å². The van der Waals surface area contributed by atoms with Crippen molar-refractivity contribution in [1.29, 1.82) is 0 Å². The monoisotopic (exact) mass is 361 g/mol. The normalized spacial score (nSPS) is 11.4. The highest BCUT2D eigenvalue weighted by Crippen LogP contribution is 2.25. The molecule has 0 radical (unpaired) electrons. The lowest BCUT2D eigenvalue weighted by molar-refractivity contribution is -0.384. The van der Waals surface area contributed by atoms with Crippen molar-refractivity contribution in [3.05, 3.63) is 64.2 Å². The summed E-state index contributed by atoms with van der Waals surface area (Å²) in [5.41, 5.74) is 4.74. The molecule has 130 valence electrons. The van der Waals surface area contributed by atoms with Crippen LogP contribution in [0.25, 0.3) is 0 Å². The number of hydrogen-bond donors (Lipinski definition) is 3. The standard InChI is InChI=1S/C16H15N3O5S/c1-10(25-14-7-5-12(6-8-14)19(23)24)15(21)17-18-16(22)11-3-2-4-13(20)9-11/h2-10,20H,1H3,(H,17,21)(H,18,22)/t10-/m0/s1. The Morgan fingerprint density at radius 3 is 2.44 bits per heavy atom. The van der Waals surface area contributed by atoms with Crippen molar-refractivity contribution < 1.29 is 19.6 Å². The van der Waals surface area contributed by atoms with Gasteiger partial charge in [0.15, 0.2) is 0 Å². The van der Waals surface area contributed by atoms with E-state index >= 15 is 0 Å². The van der Waals surface area contributed by atoms with Crippen LogP contribution in [0.3, 0.4) is 0 Å². The van der Waals surface area contributed by atoms with Crippen LogP contribution in [0.4, 0.5) is 5.69 Å². The number of amides is 2. The first-order valence-corrected chi connectivity index (χ1v) is 8.05. The third-order valence-corrected chi connectivity index (χ3v) is 4.25. The first-order chi connectivity index (χ1) is 11.9. The SMILES string of the molecule is C[C@H](Sc1ccc([N+](=O)[O-])cc1)C(=O)NNC(=O)c1cccc(O)c1. The smallest absolute Gasteiger partial charge is 0.269 e. The Balaban J connectivity index is 1.87. The molecule has 0 saturated carbocycles. The summed E-state index contributed by atoms with van der Waals surface area (Å²) in [6, 6.07) is 11.5. The molecular formula is C16H15N3O5S. The summed E-state index contributed by atoms with van der Waals surface area (Å²) in [7, 11) is 0. The average molecular weight is 361 g/mol. The van der Waals surface area contributed by atoms with Gasteiger partial charge in [-0.2, -0.15) is 0 Å². The first-order valence-electron chi connectivity index (χ1n) is 7.17. The molecule has 9 heteroatoms. The fraction of sp³-hybridized carbons (Fsp3) is 0.125. The van der Waals surface area contributed by atoms with Crippen LogP contribution in [0.5, 0.6) is 5.75 Å². The van der Waals surface area contributed by atoms with Gasteiger partial charge >= 0.3 is 0 Å². The van der Waals surface area contributed by atoms with Gasteiger partial charge < -0.3 is 5.11 Å². The molecule has 0 unspecified atom stereocenters. The molecule has 0 heterocycles. The highest BCUT2D eigenvalue weighted by Gasteiger charge is 2.16. The third kappa shape index (κ3) is 5.21. The number of hydrazine groups is 1. The molecular weight excluding hydrogens is 346 g/mol. The van der Waals surface area contributed by atoms with Gasteiger partial charge in [-0.25, -0.2) is 0 Å². The Morgan fingerprint density at radius 1 is 1.16 bits per heavy atom. The van der Waals surface area contributed by atoms with E-state index in [1.807, 2.05) is 0 Å². The predicted molar refractivity (Wildman–Crippen MR) is 92.1 cm³/mol. The van der Waals surface area contributed by atoms with Gasteiger partial charge in [-0.3, -0.25) is 30.6 Å². The molecule has 2 rings (SSSR count). The number of carbonyl (C=O) groups excluding carboxylic acids is 2. The fourth-order valence-electron chi connectivity index (χ4n) is 1.84. The molecule has 0 spiro atoms. The third-order valence-electron chi connectivity index (χ3n) is 3.14. The van der Waals surface area contributed by atoms with Crippen molar-refractivity contribution in [2.75, 3.05) is 0 Å². The number of non-ortho nitro benzene ring substituents is 1. The molecule has 3 N–H and O–H groups in total. The van der Waals surface area contributed by atoms with Crippen LogP contribution in [0.2, 0.25) is 0 Å². The number of carbonyl (C=O) groups is 2. The number of benzene rings is 2. The van der Waals surface area contributed by atoms with Crippen LogP contribution in [0.15, 0.2) is 53.4 Å². The molecule has 1 atom stereocenters. The summed E-state index contributed by atoms with van der Waals surface area (Å²) in [6.45, 7) is 1.64. The molecule has 0 aliphatic rings. The van der Waals surface area contributed by atoms with Gasteiger partial charge in [0.05, 0.1) is 10.2 Å². The summed E-state index contributed by atoms with van der Waals surface area (Å²) in [6.07, 6.45) is 0. The summed E-state index contributed by atoms with van der Waals surface area (Å²) >= 11 is 1.20. The highest BCUT2D eigenvalue weighted by molar-refractivity contribution is 8.00. The minimum absolute atomic E-state index is 0.0279. The first kappa shape index (κ1) is 18.3. The second-order valence-corrected chi connectivity index (χ2v) is 6.42. The lowest BCUT2D eigenvalue weighted by Crippen LogP contribution is -2.44. The van der Waals surface area contributed by atoms with E-state index in [1.54, 1.807) is 19.1 Å². The van der Waals surface area contributed by atoms with Crippen LogP contribution in [0, 0.1) is 10.1 Å². The van der Waals surface area contributed by atoms with Crippen molar-refractivity contribution in [1.82, 2.24) is 10.9 Å². The number of nitro groups is 1. The topological polar surface area (TPSA) is 122 Å². The summed E-state index contributed by atoms with van der Waals surface area (Å²) in [4.78, 5) is 34.7. The zero-order valence-electron chi connectivity index (χ0n) is 13.1. The molecule has 2 aromatic carbocycles. The van der Waals surface area contributed by atoms with E-state index in [2.05, 4.69) is 10.9 Å². The van der Waals surface area contributed by atoms with E-state index in [9.17, 15) is 24.8 Å². The zero-order chi connectivity index (χ0) is 18.4. The number of nitrogens with one attached hydrogen (secondary N) is 2. The predicted octanol–water partition coefficient (Wildman–Crippen LogP) is 2.24. The Kier molecular flexibility index (Phi) is 5.96. The van der Waals surface area contributed by atoms with Crippen LogP contribution in [-0.4, -0.2) is 27.1 Å². The lowest BCUT2D eigenvalue weighted by Gasteiger charge is -2.12. The lowest BCUT2D eigenvalue weighted by atomic mass is 10.2. The van der Waals surface area contributed by atoms with Gasteiger partial charge in [0.1, 0.15) is 5.75 Å². The summed E-state index contributed by atoms with van der Waals surface area (Å²) in [5, 5.41) is 19.4. The molecule has 0 aliphatic heterocycles. The van der Waals surface area contributed by atoms with Gasteiger partial charge in [0.25, 0.3) is 17.5 Å². The van der Waals surface area contributed by atoms with Crippen molar-refractivity contribution in [3.63, 3.8) is 0 Å². The maximum Gasteiger partial charge on any atom is 0.269 e. The van der Waals surface area contributed by atoms with E-state index < -0.39 is 22.0 Å². The molecule has 2 amide bonds. The van der Waals surface area contributed by atoms with Crippen LogP contribution < -0.4 is 10.9 Å². The Labute approximate surface area is 147 Å². The average Bonchev–Trinajstić information content (AvgIpc) is 2.59. The van der Waals surface area contributed by atoms with Gasteiger partial charge in [0.2, 0.25) is 0 Å². The van der Waals surface area contributed by atoms with Crippen molar-refractivity contribution in [2.45, 2.75) is 17.1 Å². The minimum Gasteiger partial charge on any atom is -0.508 e. The van der Waals surface area contributed by atoms with Gasteiger partial charge in [-0.1, -0.05) is 6.07 Å². The van der Waals surface area contributed by atoms with E-state index in [1.165, 1.54) is 48.2 Å². The molecule has 0 fully saturated rings. The van der Waals surface area contributed by atoms with Gasteiger partial charge in [-0.15, -0.1) is 11.8 Å². The Hall–Kier alpha value is -3.07. The van der Waals surface area contributed by atoms with Gasteiger partial charge in [0, 0.05) is 22.6 Å². The summed E-state index contributed by atoms with van der Waals surface area (Å²) < 4.78 is 0. The molecule has 0 bridgehead atoms. The van der Waals surface area contributed by atoms with Crippen molar-refractivity contribution in [3.8, 4) is 5.75 Å². The molecule has 8 nitrogen and oxygen atoms in total. The Bertz CT molecular complexity index is 795. The number of nitro benzene ring substituents is 1. The molecule has 25 heavy (non-hydrogen) atoms. The second kappa shape index (κ2) is 8.15. The maximum atomic E-state index is 12.0. The minimum atomic E-state index is -0.559. The number of rotatable bonds is 5. The zero-order valence-corrected chi connectivity index (χ0v) is 13.9. The number of aromatic hydroxyl groups is 1. The summed E-state index contributed by atoms with van der Waals surface area (Å²) in [5.74, 6) is -1.05. The fourth-order valence-corrected chi connectivity index (χ4v) is 2.71. The number of phenols is 1. The largest absolute Gasteiger partial charge is 0.508 e. The second-order valence-electron chi connectivity index (χ2n) is 5.00. The highest BCUT2D eigenvalue weighted by atomic mass is 32.2. The molecule has 0 aliphatic carbocycles. The van der Waals surface area contributed by atoms with Gasteiger partial charge in [-0.05, 0) is 37.3 Å². The number of nitrogens with zero attached hydrogens (tertiary/aromatic N) is 1. The number of thioether (sulfide) groups is 1. The van der Waals surface area contributed by atoms with Crippen molar-refractivity contribution in [2.24, 2.45) is 0 Å². The molecule has 0 saturated heterocycles.